The Morgan fingerprint density at radius 2 is 1.58 bits per heavy atom. The molecule has 0 radical (unpaired) electrons. The minimum Gasteiger partial charge on any atom is -0.497 e. The topological polar surface area (TPSA) is 67.4 Å². The van der Waals surface area contributed by atoms with Crippen LogP contribution in [-0.2, 0) is 9.59 Å². The lowest BCUT2D eigenvalue weighted by Crippen LogP contribution is -2.20. The quantitative estimate of drug-likeness (QED) is 0.373. The van der Waals surface area contributed by atoms with Crippen LogP contribution in [0.4, 0.5) is 11.4 Å². The molecule has 3 aromatic rings. The van der Waals surface area contributed by atoms with Gasteiger partial charge in [-0.2, -0.15) is 0 Å². The lowest BCUT2D eigenvalue weighted by atomic mass is 9.92. The number of amides is 2. The van der Waals surface area contributed by atoms with Crippen LogP contribution in [0.1, 0.15) is 38.0 Å². The Kier molecular flexibility index (Phi) is 8.17. The number of ether oxygens (including phenoxy) is 1. The monoisotopic (exact) mass is 462 g/mol. The molecular formula is C27H30N2O3S. The highest BCUT2D eigenvalue weighted by Crippen LogP contribution is 2.37. The molecular weight excluding hydrogens is 432 g/mol. The average molecular weight is 463 g/mol. The number of rotatable bonds is 8. The van der Waals surface area contributed by atoms with Crippen molar-refractivity contribution in [3.05, 3.63) is 84.4 Å². The Bertz CT molecular complexity index is 1080. The number of methoxy groups -OCH3 is 1. The average Bonchev–Trinajstić information content (AvgIpc) is 2.77. The van der Waals surface area contributed by atoms with Gasteiger partial charge in [-0.25, -0.2) is 0 Å². The molecule has 0 aliphatic carbocycles. The van der Waals surface area contributed by atoms with Crippen molar-refractivity contribution in [2.75, 3.05) is 17.7 Å². The first-order chi connectivity index (χ1) is 15.7. The second kappa shape index (κ2) is 11.1. The summed E-state index contributed by atoms with van der Waals surface area (Å²) in [5.74, 6) is 0.576. The van der Waals surface area contributed by atoms with E-state index in [1.54, 1.807) is 7.11 Å². The standard InChI is InChI=1S/C27H30N2O3S/c1-27(2,3)18-24(30)28-21-11-8-12-23(17-21)33-25(19-9-6-5-7-10-19)26(31)29-20-13-15-22(32-4)16-14-20/h5-17,25H,18H2,1-4H3,(H,28,30)(H,29,31). The van der Waals surface area contributed by atoms with Crippen LogP contribution in [0.2, 0.25) is 0 Å². The third kappa shape index (κ3) is 7.68. The second-order valence-corrected chi connectivity index (χ2v) is 10.1. The number of anilines is 2. The van der Waals surface area contributed by atoms with Crippen molar-refractivity contribution in [3.8, 4) is 5.75 Å². The molecule has 1 atom stereocenters. The third-order valence-corrected chi connectivity index (χ3v) is 6.01. The molecule has 5 nitrogen and oxygen atoms in total. The molecule has 0 saturated heterocycles. The van der Waals surface area contributed by atoms with Crippen LogP contribution < -0.4 is 15.4 Å². The number of thioether (sulfide) groups is 1. The highest BCUT2D eigenvalue weighted by atomic mass is 32.2. The summed E-state index contributed by atoms with van der Waals surface area (Å²) >= 11 is 1.44. The summed E-state index contributed by atoms with van der Waals surface area (Å²) in [5.41, 5.74) is 2.23. The Balaban J connectivity index is 1.78. The van der Waals surface area contributed by atoms with Crippen molar-refractivity contribution in [1.29, 1.82) is 0 Å². The van der Waals surface area contributed by atoms with Crippen LogP contribution in [0, 0.1) is 5.41 Å². The first-order valence-electron chi connectivity index (χ1n) is 10.8. The molecule has 0 heterocycles. The van der Waals surface area contributed by atoms with Gasteiger partial charge in [0.05, 0.1) is 7.11 Å². The lowest BCUT2D eigenvalue weighted by molar-refractivity contribution is -0.118. The van der Waals surface area contributed by atoms with Crippen molar-refractivity contribution in [2.45, 2.75) is 37.3 Å². The number of carbonyl (C=O) groups excluding carboxylic acids is 2. The molecule has 33 heavy (non-hydrogen) atoms. The number of hydrogen-bond acceptors (Lipinski definition) is 4. The van der Waals surface area contributed by atoms with E-state index in [0.717, 1.165) is 21.9 Å². The predicted molar refractivity (Wildman–Crippen MR) is 136 cm³/mol. The van der Waals surface area contributed by atoms with E-state index in [1.807, 2.05) is 99.6 Å². The molecule has 0 bridgehead atoms. The molecule has 0 aliphatic heterocycles. The fourth-order valence-corrected chi connectivity index (χ4v) is 4.34. The van der Waals surface area contributed by atoms with Crippen molar-refractivity contribution in [3.63, 3.8) is 0 Å². The van der Waals surface area contributed by atoms with Crippen molar-refractivity contribution < 1.29 is 14.3 Å². The molecule has 0 saturated carbocycles. The van der Waals surface area contributed by atoms with Crippen molar-refractivity contribution >= 4 is 35.0 Å². The molecule has 3 rings (SSSR count). The van der Waals surface area contributed by atoms with Crippen LogP contribution in [0.3, 0.4) is 0 Å². The van der Waals surface area contributed by atoms with E-state index >= 15 is 0 Å². The summed E-state index contributed by atoms with van der Waals surface area (Å²) in [7, 11) is 1.61. The Hall–Kier alpha value is -3.25. The van der Waals surface area contributed by atoms with E-state index in [4.69, 9.17) is 4.74 Å². The van der Waals surface area contributed by atoms with E-state index in [-0.39, 0.29) is 17.2 Å². The smallest absolute Gasteiger partial charge is 0.242 e. The Morgan fingerprint density at radius 3 is 2.21 bits per heavy atom. The highest BCUT2D eigenvalue weighted by Gasteiger charge is 2.23. The van der Waals surface area contributed by atoms with Gasteiger partial charge >= 0.3 is 0 Å². The van der Waals surface area contributed by atoms with Gasteiger partial charge in [0.2, 0.25) is 11.8 Å². The van der Waals surface area contributed by atoms with Gasteiger partial charge < -0.3 is 15.4 Å². The van der Waals surface area contributed by atoms with Crippen molar-refractivity contribution in [2.24, 2.45) is 5.41 Å². The van der Waals surface area contributed by atoms with Gasteiger partial charge in [-0.05, 0) is 53.4 Å². The minimum atomic E-state index is -0.464. The van der Waals surface area contributed by atoms with Crippen LogP contribution in [0.5, 0.6) is 5.75 Å². The first-order valence-corrected chi connectivity index (χ1v) is 11.7. The van der Waals surface area contributed by atoms with Crippen LogP contribution in [0.15, 0.2) is 83.8 Å². The van der Waals surface area contributed by atoms with Crippen molar-refractivity contribution in [1.82, 2.24) is 0 Å². The zero-order valence-electron chi connectivity index (χ0n) is 19.4. The summed E-state index contributed by atoms with van der Waals surface area (Å²) in [5, 5.41) is 5.50. The normalized spacial score (nSPS) is 12.0. The zero-order valence-corrected chi connectivity index (χ0v) is 20.2. The highest BCUT2D eigenvalue weighted by molar-refractivity contribution is 8.00. The molecule has 1 unspecified atom stereocenters. The fraction of sp³-hybridized carbons (Fsp3) is 0.259. The summed E-state index contributed by atoms with van der Waals surface area (Å²) in [4.78, 5) is 26.5. The maximum Gasteiger partial charge on any atom is 0.242 e. The predicted octanol–water partition coefficient (Wildman–Crippen LogP) is 6.54. The molecule has 2 amide bonds. The summed E-state index contributed by atoms with van der Waals surface area (Å²) in [6.45, 7) is 6.10. The molecule has 3 aromatic carbocycles. The fourth-order valence-electron chi connectivity index (χ4n) is 3.25. The minimum absolute atomic E-state index is 0.0264. The van der Waals surface area contributed by atoms with E-state index in [1.165, 1.54) is 11.8 Å². The van der Waals surface area contributed by atoms with Gasteiger partial charge in [-0.15, -0.1) is 11.8 Å². The molecule has 6 heteroatoms. The van der Waals surface area contributed by atoms with Gasteiger partial charge in [-0.3, -0.25) is 9.59 Å². The summed E-state index contributed by atoms with van der Waals surface area (Å²) < 4.78 is 5.19. The Morgan fingerprint density at radius 1 is 0.879 bits per heavy atom. The zero-order chi connectivity index (χ0) is 23.8. The summed E-state index contributed by atoms with van der Waals surface area (Å²) in [6, 6.07) is 24.5. The number of benzene rings is 3. The number of hydrogen-bond donors (Lipinski definition) is 2. The Labute approximate surface area is 199 Å². The SMILES string of the molecule is COc1ccc(NC(=O)C(Sc2cccc(NC(=O)CC(C)(C)C)c2)c2ccccc2)cc1. The van der Waals surface area contributed by atoms with Gasteiger partial charge in [0, 0.05) is 22.7 Å². The van der Waals surface area contributed by atoms with E-state index in [0.29, 0.717) is 12.1 Å². The van der Waals surface area contributed by atoms with Gasteiger partial charge in [0.1, 0.15) is 11.0 Å². The van der Waals surface area contributed by atoms with Crippen LogP contribution in [-0.4, -0.2) is 18.9 Å². The maximum atomic E-state index is 13.3. The van der Waals surface area contributed by atoms with E-state index < -0.39 is 5.25 Å². The molecule has 0 spiro atoms. The van der Waals surface area contributed by atoms with Gasteiger partial charge in [0.25, 0.3) is 0 Å². The summed E-state index contributed by atoms with van der Waals surface area (Å²) in [6.07, 6.45) is 0.432. The molecule has 0 aliphatic rings. The lowest BCUT2D eigenvalue weighted by Gasteiger charge is -2.19. The number of nitrogens with one attached hydrogen (secondary N) is 2. The first kappa shape index (κ1) is 24.4. The van der Waals surface area contributed by atoms with Gasteiger partial charge in [0.15, 0.2) is 0 Å². The second-order valence-electron chi connectivity index (χ2n) is 8.94. The van der Waals surface area contributed by atoms with Gasteiger partial charge in [-0.1, -0.05) is 57.2 Å². The molecule has 172 valence electrons. The molecule has 0 fully saturated rings. The van der Waals surface area contributed by atoms with Crippen LogP contribution in [0.25, 0.3) is 0 Å². The largest absolute Gasteiger partial charge is 0.497 e. The molecule has 2 N–H and O–H groups in total. The molecule has 0 aromatic heterocycles. The number of carbonyl (C=O) groups is 2. The van der Waals surface area contributed by atoms with E-state index in [9.17, 15) is 9.59 Å². The van der Waals surface area contributed by atoms with Crippen LogP contribution >= 0.6 is 11.8 Å². The maximum absolute atomic E-state index is 13.3. The van der Waals surface area contributed by atoms with E-state index in [2.05, 4.69) is 10.6 Å². The third-order valence-electron chi connectivity index (χ3n) is 4.76.